The molecule has 0 aliphatic carbocycles. The van der Waals surface area contributed by atoms with E-state index in [1.807, 2.05) is 25.9 Å². The van der Waals surface area contributed by atoms with Crippen LogP contribution in [0.3, 0.4) is 0 Å². The average Bonchev–Trinajstić information content (AvgIpc) is 1.86. The molecule has 0 aliphatic heterocycles. The van der Waals surface area contributed by atoms with E-state index in [0.717, 1.165) is 6.54 Å². The summed E-state index contributed by atoms with van der Waals surface area (Å²) in [6.45, 7) is 3.40. The van der Waals surface area contributed by atoms with Crippen molar-refractivity contribution in [1.29, 1.82) is 0 Å². The molecular formula is C7H15BrN2O. The number of rotatable bonds is 4. The van der Waals surface area contributed by atoms with E-state index >= 15 is 0 Å². The van der Waals surface area contributed by atoms with Crippen molar-refractivity contribution in [2.75, 3.05) is 27.2 Å². The Balaban J connectivity index is 3.32. The molecule has 1 atom stereocenters. The fourth-order valence-corrected chi connectivity index (χ4v) is 0.705. The first kappa shape index (κ1) is 10.9. The highest BCUT2D eigenvalue weighted by atomic mass is 79.9. The SMILES string of the molecule is CC(Br)C(=O)NCCN(C)C. The molecule has 0 radical (unpaired) electrons. The highest BCUT2D eigenvalue weighted by Gasteiger charge is 2.06. The summed E-state index contributed by atoms with van der Waals surface area (Å²) in [5.41, 5.74) is 0. The zero-order valence-electron chi connectivity index (χ0n) is 7.22. The third kappa shape index (κ3) is 6.31. The molecule has 0 fully saturated rings. The minimum absolute atomic E-state index is 0.0480. The Morgan fingerprint density at radius 1 is 1.64 bits per heavy atom. The second-order valence-corrected chi connectivity index (χ2v) is 4.08. The van der Waals surface area contributed by atoms with Crippen molar-refractivity contribution in [3.05, 3.63) is 0 Å². The maximum absolute atomic E-state index is 10.9. The summed E-state index contributed by atoms with van der Waals surface area (Å²) in [6, 6.07) is 0. The summed E-state index contributed by atoms with van der Waals surface area (Å²) in [4.78, 5) is 12.9. The van der Waals surface area contributed by atoms with Crippen molar-refractivity contribution < 1.29 is 4.79 Å². The number of nitrogens with zero attached hydrogens (tertiary/aromatic N) is 1. The van der Waals surface area contributed by atoms with Crippen LogP contribution in [-0.4, -0.2) is 42.8 Å². The van der Waals surface area contributed by atoms with Crippen LogP contribution in [-0.2, 0) is 4.79 Å². The van der Waals surface area contributed by atoms with Gasteiger partial charge in [0.25, 0.3) is 0 Å². The van der Waals surface area contributed by atoms with E-state index in [1.165, 1.54) is 0 Å². The molecule has 3 nitrogen and oxygen atoms in total. The number of hydrogen-bond donors (Lipinski definition) is 1. The Labute approximate surface area is 76.3 Å². The standard InChI is InChI=1S/C7H15BrN2O/c1-6(8)7(11)9-4-5-10(2)3/h6H,4-5H2,1-3H3,(H,9,11). The molecule has 0 aromatic rings. The van der Waals surface area contributed by atoms with Gasteiger partial charge in [0.2, 0.25) is 5.91 Å². The predicted octanol–water partition coefficient (Wildman–Crippen LogP) is 0.448. The number of nitrogens with one attached hydrogen (secondary N) is 1. The molecule has 11 heavy (non-hydrogen) atoms. The monoisotopic (exact) mass is 222 g/mol. The average molecular weight is 223 g/mol. The van der Waals surface area contributed by atoms with E-state index in [4.69, 9.17) is 0 Å². The minimum Gasteiger partial charge on any atom is -0.354 e. The Morgan fingerprint density at radius 2 is 2.18 bits per heavy atom. The van der Waals surface area contributed by atoms with Crippen molar-refractivity contribution in [1.82, 2.24) is 10.2 Å². The summed E-state index contributed by atoms with van der Waals surface area (Å²) in [7, 11) is 3.95. The van der Waals surface area contributed by atoms with Gasteiger partial charge in [-0.1, -0.05) is 15.9 Å². The number of alkyl halides is 1. The van der Waals surface area contributed by atoms with E-state index in [-0.39, 0.29) is 10.7 Å². The molecule has 0 aliphatic rings. The maximum atomic E-state index is 10.9. The van der Waals surface area contributed by atoms with Gasteiger partial charge in [0.1, 0.15) is 0 Å². The lowest BCUT2D eigenvalue weighted by Gasteiger charge is -2.10. The fraction of sp³-hybridized carbons (Fsp3) is 0.857. The molecule has 0 aromatic carbocycles. The lowest BCUT2D eigenvalue weighted by molar-refractivity contribution is -0.120. The van der Waals surface area contributed by atoms with Crippen LogP contribution in [0.2, 0.25) is 0 Å². The molecule has 0 rings (SSSR count). The third-order valence-corrected chi connectivity index (χ3v) is 1.64. The fourth-order valence-electron chi connectivity index (χ4n) is 0.543. The molecule has 0 saturated carbocycles. The lowest BCUT2D eigenvalue weighted by atomic mass is 10.4. The van der Waals surface area contributed by atoms with Crippen LogP contribution in [0.1, 0.15) is 6.92 Å². The molecule has 4 heteroatoms. The number of halogens is 1. The van der Waals surface area contributed by atoms with Crippen LogP contribution in [0.4, 0.5) is 0 Å². The van der Waals surface area contributed by atoms with Gasteiger partial charge in [-0.3, -0.25) is 4.79 Å². The van der Waals surface area contributed by atoms with Crippen molar-refractivity contribution in [2.24, 2.45) is 0 Å². The normalized spacial score (nSPS) is 13.2. The quantitative estimate of drug-likeness (QED) is 0.702. The number of amides is 1. The van der Waals surface area contributed by atoms with Crippen LogP contribution < -0.4 is 5.32 Å². The van der Waals surface area contributed by atoms with Gasteiger partial charge in [-0.15, -0.1) is 0 Å². The first-order valence-corrected chi connectivity index (χ1v) is 4.52. The summed E-state index contributed by atoms with van der Waals surface area (Å²) in [6.07, 6.45) is 0. The first-order valence-electron chi connectivity index (χ1n) is 3.60. The smallest absolute Gasteiger partial charge is 0.233 e. The Hall–Kier alpha value is -0.0900. The van der Waals surface area contributed by atoms with Gasteiger partial charge in [0.15, 0.2) is 0 Å². The van der Waals surface area contributed by atoms with Crippen molar-refractivity contribution >= 4 is 21.8 Å². The van der Waals surface area contributed by atoms with Gasteiger partial charge in [0.05, 0.1) is 4.83 Å². The van der Waals surface area contributed by atoms with Gasteiger partial charge in [-0.05, 0) is 21.0 Å². The summed E-state index contributed by atoms with van der Waals surface area (Å²) in [5, 5.41) is 2.79. The zero-order chi connectivity index (χ0) is 8.85. The Kier molecular flexibility index (Phi) is 5.50. The molecule has 1 amide bonds. The molecule has 1 unspecified atom stereocenters. The number of carbonyl (C=O) groups excluding carboxylic acids is 1. The topological polar surface area (TPSA) is 32.3 Å². The summed E-state index contributed by atoms with van der Waals surface area (Å²) >= 11 is 3.18. The van der Waals surface area contributed by atoms with E-state index in [2.05, 4.69) is 21.2 Å². The van der Waals surface area contributed by atoms with Crippen LogP contribution in [0.25, 0.3) is 0 Å². The Bertz CT molecular complexity index is 126. The second kappa shape index (κ2) is 5.55. The van der Waals surface area contributed by atoms with E-state index in [1.54, 1.807) is 0 Å². The van der Waals surface area contributed by atoms with E-state index in [9.17, 15) is 4.79 Å². The van der Waals surface area contributed by atoms with Gasteiger partial charge in [0, 0.05) is 13.1 Å². The van der Waals surface area contributed by atoms with Crippen molar-refractivity contribution in [3.8, 4) is 0 Å². The number of likely N-dealkylation sites (N-methyl/N-ethyl adjacent to an activating group) is 1. The maximum Gasteiger partial charge on any atom is 0.233 e. The Morgan fingerprint density at radius 3 is 2.55 bits per heavy atom. The van der Waals surface area contributed by atoms with E-state index in [0.29, 0.717) is 6.54 Å². The molecule has 0 saturated heterocycles. The molecule has 66 valence electrons. The van der Waals surface area contributed by atoms with Crippen LogP contribution >= 0.6 is 15.9 Å². The molecule has 0 spiro atoms. The van der Waals surface area contributed by atoms with Gasteiger partial charge < -0.3 is 10.2 Å². The zero-order valence-corrected chi connectivity index (χ0v) is 8.81. The van der Waals surface area contributed by atoms with Crippen LogP contribution in [0.5, 0.6) is 0 Å². The molecule has 0 bridgehead atoms. The minimum atomic E-state index is -0.0929. The molecule has 0 heterocycles. The number of hydrogen-bond acceptors (Lipinski definition) is 2. The van der Waals surface area contributed by atoms with Crippen LogP contribution in [0.15, 0.2) is 0 Å². The third-order valence-electron chi connectivity index (χ3n) is 1.22. The highest BCUT2D eigenvalue weighted by molar-refractivity contribution is 9.10. The summed E-state index contributed by atoms with van der Waals surface area (Å²) < 4.78 is 0. The van der Waals surface area contributed by atoms with Gasteiger partial charge >= 0.3 is 0 Å². The van der Waals surface area contributed by atoms with Gasteiger partial charge in [-0.25, -0.2) is 0 Å². The van der Waals surface area contributed by atoms with Crippen molar-refractivity contribution in [3.63, 3.8) is 0 Å². The molecular weight excluding hydrogens is 208 g/mol. The molecule has 0 aromatic heterocycles. The van der Waals surface area contributed by atoms with E-state index < -0.39 is 0 Å². The first-order chi connectivity index (χ1) is 5.04. The second-order valence-electron chi connectivity index (χ2n) is 2.71. The summed E-state index contributed by atoms with van der Waals surface area (Å²) in [5.74, 6) is 0.0480. The largest absolute Gasteiger partial charge is 0.354 e. The van der Waals surface area contributed by atoms with Crippen LogP contribution in [0, 0.1) is 0 Å². The van der Waals surface area contributed by atoms with Gasteiger partial charge in [-0.2, -0.15) is 0 Å². The highest BCUT2D eigenvalue weighted by Crippen LogP contribution is 1.95. The molecule has 1 N–H and O–H groups in total. The number of carbonyl (C=O) groups is 1. The lowest BCUT2D eigenvalue weighted by Crippen LogP contribution is -2.34. The predicted molar refractivity (Wildman–Crippen MR) is 50.0 cm³/mol. The van der Waals surface area contributed by atoms with Crippen molar-refractivity contribution in [2.45, 2.75) is 11.8 Å².